The zero-order valence-electron chi connectivity index (χ0n) is 32.5. The van der Waals surface area contributed by atoms with Gasteiger partial charge in [-0.1, -0.05) is 48.6 Å². The van der Waals surface area contributed by atoms with Crippen LogP contribution >= 0.6 is 0 Å². The molecular weight excluding hydrogens is 764 g/mol. The zero-order valence-corrected chi connectivity index (χ0v) is 36.2. The monoisotopic (exact) mass is 808 g/mol. The van der Waals surface area contributed by atoms with E-state index in [0.29, 0.717) is 28.5 Å². The van der Waals surface area contributed by atoms with Gasteiger partial charge in [-0.25, -0.2) is 16.8 Å². The number of ether oxygens (including phenoxy) is 1. The Balaban J connectivity index is 0.00000600. The van der Waals surface area contributed by atoms with Crippen molar-refractivity contribution in [1.82, 2.24) is 0 Å². The number of anilines is 1. The molecule has 0 saturated carbocycles. The minimum absolute atomic E-state index is 0. The third-order valence-corrected chi connectivity index (χ3v) is 12.3. The molecule has 11 nitrogen and oxygen atoms in total. The third-order valence-electron chi connectivity index (χ3n) is 10.6. The summed E-state index contributed by atoms with van der Waals surface area (Å²) in [6, 6.07) is 18.0. The first-order valence-corrected chi connectivity index (χ1v) is 21.2. The van der Waals surface area contributed by atoms with Crippen LogP contribution in [0.2, 0.25) is 0 Å². The Labute approximate surface area is 351 Å². The predicted molar refractivity (Wildman–Crippen MR) is 212 cm³/mol. The average molecular weight is 809 g/mol. The molecule has 1 N–H and O–H groups in total. The van der Waals surface area contributed by atoms with Gasteiger partial charge in [-0.2, -0.15) is 4.58 Å². The fourth-order valence-electron chi connectivity index (χ4n) is 8.17. The molecule has 1 atom stereocenters. The van der Waals surface area contributed by atoms with E-state index in [1.165, 1.54) is 18.2 Å². The maximum Gasteiger partial charge on any atom is 1.00 e. The largest absolute Gasteiger partial charge is 1.00 e. The molecular formula is C42H45N2NaO9S2. The van der Waals surface area contributed by atoms with E-state index in [0.717, 1.165) is 40.1 Å². The molecule has 0 bridgehead atoms. The Morgan fingerprint density at radius 1 is 0.982 bits per heavy atom. The predicted octanol–water partition coefficient (Wildman–Crippen LogP) is 4.24. The number of carbonyl (C=O) groups is 1. The van der Waals surface area contributed by atoms with Crippen LogP contribution in [0.15, 0.2) is 95.9 Å². The van der Waals surface area contributed by atoms with E-state index < -0.39 is 42.3 Å². The molecule has 1 unspecified atom stereocenters. The quantitative estimate of drug-likeness (QED) is 0.150. The molecule has 0 amide bonds. The second-order valence-corrected chi connectivity index (χ2v) is 17.8. The topological polar surface area (TPSA) is 167 Å². The van der Waals surface area contributed by atoms with Crippen LogP contribution < -0.4 is 39.2 Å². The maximum absolute atomic E-state index is 12.1. The van der Waals surface area contributed by atoms with E-state index in [1.54, 1.807) is 0 Å². The summed E-state index contributed by atoms with van der Waals surface area (Å²) in [5, 5.41) is 9.47. The molecule has 3 aromatic carbocycles. The van der Waals surface area contributed by atoms with Crippen LogP contribution in [-0.2, 0) is 30.4 Å². The summed E-state index contributed by atoms with van der Waals surface area (Å²) in [6.07, 6.45) is 10.2. The molecule has 3 aromatic rings. The number of carboxylic acids is 1. The van der Waals surface area contributed by atoms with Crippen LogP contribution in [-0.4, -0.2) is 71.7 Å². The molecule has 0 saturated heterocycles. The van der Waals surface area contributed by atoms with E-state index in [4.69, 9.17) is 4.74 Å². The molecule has 3 aliphatic heterocycles. The SMILES string of the molecule is CCN1c2cc3c(cc2C(C)=CC1(C)C)C(=CC=CC1=[N+](CCCS(=O)(=O)[O-])c2ccc(S(=O)(=O)[O-])cc2C1(C)CCCC(=O)O)C=C(c1ccccc1)O3.[Na+]. The number of likely N-dealkylation sites (N-methyl/N-ethyl adjacent to an activating group) is 1. The Morgan fingerprint density at radius 2 is 1.70 bits per heavy atom. The van der Waals surface area contributed by atoms with Gasteiger partial charge in [0, 0.05) is 71.3 Å². The Hall–Kier alpha value is -3.82. The number of aliphatic carboxylic acids is 1. The van der Waals surface area contributed by atoms with Gasteiger partial charge in [0.25, 0.3) is 0 Å². The van der Waals surface area contributed by atoms with Gasteiger partial charge in [-0.15, -0.1) is 0 Å². The van der Waals surface area contributed by atoms with Crippen molar-refractivity contribution in [2.24, 2.45) is 0 Å². The number of rotatable bonds is 13. The van der Waals surface area contributed by atoms with Crippen LogP contribution in [0.1, 0.15) is 82.6 Å². The molecule has 56 heavy (non-hydrogen) atoms. The number of carboxylic acid groups (broad SMARTS) is 1. The van der Waals surface area contributed by atoms with Crippen molar-refractivity contribution >= 4 is 60.2 Å². The molecule has 3 aliphatic rings. The average Bonchev–Trinajstić information content (AvgIpc) is 3.32. The number of hydrogen-bond donors (Lipinski definition) is 1. The van der Waals surface area contributed by atoms with Crippen LogP contribution in [0.5, 0.6) is 5.75 Å². The number of benzene rings is 3. The first-order valence-electron chi connectivity index (χ1n) is 18.2. The molecule has 3 heterocycles. The van der Waals surface area contributed by atoms with Crippen molar-refractivity contribution in [3.63, 3.8) is 0 Å². The molecule has 6 rings (SSSR count). The van der Waals surface area contributed by atoms with Gasteiger partial charge >= 0.3 is 35.5 Å². The van der Waals surface area contributed by atoms with Crippen LogP contribution in [0.4, 0.5) is 11.4 Å². The second kappa shape index (κ2) is 16.6. The van der Waals surface area contributed by atoms with Gasteiger partial charge in [0.1, 0.15) is 28.2 Å². The van der Waals surface area contributed by atoms with Crippen molar-refractivity contribution < 1.29 is 74.7 Å². The van der Waals surface area contributed by atoms with Crippen LogP contribution in [0, 0.1) is 0 Å². The molecule has 0 radical (unpaired) electrons. The molecule has 0 spiro atoms. The first-order chi connectivity index (χ1) is 25.8. The first kappa shape index (κ1) is 43.3. The van der Waals surface area contributed by atoms with E-state index in [2.05, 4.69) is 50.8 Å². The Kier molecular flexibility index (Phi) is 12.8. The zero-order chi connectivity index (χ0) is 39.9. The molecule has 0 aromatic heterocycles. The van der Waals surface area contributed by atoms with E-state index >= 15 is 0 Å². The number of hydrogen-bond acceptors (Lipinski definition) is 9. The van der Waals surface area contributed by atoms with Gasteiger partial charge in [-0.3, -0.25) is 4.79 Å². The van der Waals surface area contributed by atoms with Gasteiger partial charge in [-0.05, 0) is 82.9 Å². The number of fused-ring (bicyclic) bond motifs is 3. The summed E-state index contributed by atoms with van der Waals surface area (Å²) in [5.74, 6) is -0.259. The maximum atomic E-state index is 12.1. The molecule has 290 valence electrons. The second-order valence-electron chi connectivity index (χ2n) is 14.9. The van der Waals surface area contributed by atoms with Crippen molar-refractivity contribution in [3.8, 4) is 5.75 Å². The standard InChI is InChI=1S/C42H46N2O9S2.Na/c1-6-44-36-26-38-33(25-32(36)28(2)27-41(44,3)4)30(23-37(53-38)29-13-8-7-9-14-29)15-10-16-39-42(5,20-11-17-40(45)46)34-24-31(55(50,51)52)18-19-35(34)43(39)21-12-22-54(47,48)49;/h7-10,13-16,18-19,23-27H,6,11-12,17,20-22H2,1-5H3,(H2-,45,46,47,48,49,50,51,52);/q;+1/p-1. The summed E-state index contributed by atoms with van der Waals surface area (Å²) >= 11 is 0. The molecule has 14 heteroatoms. The minimum Gasteiger partial charge on any atom is -0.748 e. The van der Waals surface area contributed by atoms with Crippen LogP contribution in [0.3, 0.4) is 0 Å². The van der Waals surface area contributed by atoms with Gasteiger partial charge in [0.2, 0.25) is 5.69 Å². The fourth-order valence-corrected chi connectivity index (χ4v) is 9.15. The van der Waals surface area contributed by atoms with Gasteiger partial charge in [0.05, 0.1) is 26.0 Å². The van der Waals surface area contributed by atoms with Crippen molar-refractivity contribution in [2.75, 3.05) is 23.7 Å². The molecule has 0 fully saturated rings. The van der Waals surface area contributed by atoms with E-state index in [1.807, 2.05) is 66.1 Å². The smallest absolute Gasteiger partial charge is 0.748 e. The van der Waals surface area contributed by atoms with Gasteiger partial charge in [0.15, 0.2) is 5.71 Å². The number of nitrogens with zero attached hydrogens (tertiary/aromatic N) is 2. The van der Waals surface area contributed by atoms with E-state index in [-0.39, 0.29) is 67.3 Å². The number of allylic oxidation sites excluding steroid dienone is 6. The molecule has 0 aliphatic carbocycles. The minimum atomic E-state index is -4.84. The summed E-state index contributed by atoms with van der Waals surface area (Å²) < 4.78 is 79.6. The Bertz CT molecular complexity index is 2430. The summed E-state index contributed by atoms with van der Waals surface area (Å²) in [7, 11) is -9.36. The Morgan fingerprint density at radius 3 is 2.34 bits per heavy atom. The summed E-state index contributed by atoms with van der Waals surface area (Å²) in [4.78, 5) is 13.5. The van der Waals surface area contributed by atoms with Crippen molar-refractivity contribution in [1.29, 1.82) is 0 Å². The summed E-state index contributed by atoms with van der Waals surface area (Å²) in [5.41, 5.74) is 6.41. The van der Waals surface area contributed by atoms with Crippen molar-refractivity contribution in [2.45, 2.75) is 76.2 Å². The van der Waals surface area contributed by atoms with E-state index in [9.17, 15) is 35.8 Å². The van der Waals surface area contributed by atoms with Crippen molar-refractivity contribution in [3.05, 3.63) is 113 Å². The van der Waals surface area contributed by atoms with Crippen LogP contribution in [0.25, 0.3) is 16.9 Å². The van der Waals surface area contributed by atoms with Gasteiger partial charge < -0.3 is 23.8 Å². The third kappa shape index (κ3) is 8.99. The normalized spacial score (nSPS) is 19.5. The summed E-state index contributed by atoms with van der Waals surface area (Å²) in [6.45, 7) is 11.3. The fraction of sp³-hybridized carbons (Fsp3) is 0.333.